The number of benzene rings is 1. The molecule has 22 heavy (non-hydrogen) atoms. The standard InChI is InChI=1S/C16H18F3NO2/c1-20(2)10-9-15(14-4-3-11-21-14)22-13-7-5-12(6-8-13)16(17,18)19/h3-8,11,15H,9-10H2,1-2H3. The molecule has 1 heterocycles. The summed E-state index contributed by atoms with van der Waals surface area (Å²) < 4.78 is 48.8. The highest BCUT2D eigenvalue weighted by molar-refractivity contribution is 5.29. The van der Waals surface area contributed by atoms with Crippen LogP contribution in [0.3, 0.4) is 0 Å². The van der Waals surface area contributed by atoms with Gasteiger partial charge in [0.05, 0.1) is 11.8 Å². The van der Waals surface area contributed by atoms with Crippen molar-refractivity contribution in [2.24, 2.45) is 0 Å². The Morgan fingerprint density at radius 3 is 2.32 bits per heavy atom. The van der Waals surface area contributed by atoms with E-state index in [-0.39, 0.29) is 6.10 Å². The van der Waals surface area contributed by atoms with Gasteiger partial charge in [-0.15, -0.1) is 0 Å². The van der Waals surface area contributed by atoms with Crippen molar-refractivity contribution in [3.05, 3.63) is 54.0 Å². The third kappa shape index (κ3) is 4.53. The van der Waals surface area contributed by atoms with E-state index in [1.807, 2.05) is 19.0 Å². The largest absolute Gasteiger partial charge is 0.482 e. The quantitative estimate of drug-likeness (QED) is 0.792. The second-order valence-corrected chi connectivity index (χ2v) is 5.24. The minimum Gasteiger partial charge on any atom is -0.482 e. The number of halogens is 3. The molecule has 3 nitrogen and oxygen atoms in total. The molecule has 120 valence electrons. The molecule has 0 aliphatic carbocycles. The van der Waals surface area contributed by atoms with Crippen LogP contribution in [0.5, 0.6) is 5.75 Å². The molecule has 0 fully saturated rings. The fourth-order valence-corrected chi connectivity index (χ4v) is 2.00. The summed E-state index contributed by atoms with van der Waals surface area (Å²) in [5.41, 5.74) is -0.692. The van der Waals surface area contributed by atoms with E-state index >= 15 is 0 Å². The first-order valence-electron chi connectivity index (χ1n) is 6.88. The van der Waals surface area contributed by atoms with Crippen LogP contribution in [0.1, 0.15) is 23.8 Å². The normalized spacial score (nSPS) is 13.4. The molecule has 0 spiro atoms. The van der Waals surface area contributed by atoms with E-state index < -0.39 is 11.7 Å². The molecule has 2 aromatic rings. The van der Waals surface area contributed by atoms with E-state index in [0.717, 1.165) is 18.7 Å². The van der Waals surface area contributed by atoms with Gasteiger partial charge >= 0.3 is 6.18 Å². The fraction of sp³-hybridized carbons (Fsp3) is 0.375. The molecule has 2 rings (SSSR count). The van der Waals surface area contributed by atoms with Crippen LogP contribution in [0.4, 0.5) is 13.2 Å². The Balaban J connectivity index is 2.10. The Labute approximate surface area is 127 Å². The molecule has 1 aromatic carbocycles. The van der Waals surface area contributed by atoms with Crippen LogP contribution in [0.25, 0.3) is 0 Å². The molecular weight excluding hydrogens is 295 g/mol. The number of rotatable bonds is 6. The van der Waals surface area contributed by atoms with Crippen molar-refractivity contribution in [2.75, 3.05) is 20.6 Å². The minimum absolute atomic E-state index is 0.339. The van der Waals surface area contributed by atoms with Gasteiger partial charge in [0.1, 0.15) is 11.5 Å². The summed E-state index contributed by atoms with van der Waals surface area (Å²) in [6.45, 7) is 0.770. The molecule has 0 amide bonds. The van der Waals surface area contributed by atoms with Crippen molar-refractivity contribution in [1.82, 2.24) is 4.90 Å². The Bertz CT molecular complexity index is 562. The number of ether oxygens (including phenoxy) is 1. The third-order valence-corrected chi connectivity index (χ3v) is 3.16. The van der Waals surface area contributed by atoms with Crippen LogP contribution in [0.15, 0.2) is 47.1 Å². The molecule has 0 radical (unpaired) electrons. The highest BCUT2D eigenvalue weighted by Gasteiger charge is 2.30. The zero-order chi connectivity index (χ0) is 16.2. The topological polar surface area (TPSA) is 25.6 Å². The van der Waals surface area contributed by atoms with Crippen molar-refractivity contribution in [3.8, 4) is 5.75 Å². The van der Waals surface area contributed by atoms with Crippen molar-refractivity contribution < 1.29 is 22.3 Å². The molecule has 1 atom stereocenters. The second-order valence-electron chi connectivity index (χ2n) is 5.24. The Hall–Kier alpha value is -1.95. The average molecular weight is 313 g/mol. The van der Waals surface area contributed by atoms with Crippen LogP contribution < -0.4 is 4.74 Å². The van der Waals surface area contributed by atoms with Gasteiger partial charge < -0.3 is 14.1 Å². The maximum absolute atomic E-state index is 12.6. The van der Waals surface area contributed by atoms with E-state index in [2.05, 4.69) is 0 Å². The predicted molar refractivity (Wildman–Crippen MR) is 76.7 cm³/mol. The zero-order valence-electron chi connectivity index (χ0n) is 12.4. The number of alkyl halides is 3. The lowest BCUT2D eigenvalue weighted by molar-refractivity contribution is -0.137. The van der Waals surface area contributed by atoms with Crippen LogP contribution in [0, 0.1) is 0 Å². The van der Waals surface area contributed by atoms with Gasteiger partial charge in [-0.05, 0) is 50.5 Å². The maximum atomic E-state index is 12.6. The minimum atomic E-state index is -4.34. The van der Waals surface area contributed by atoms with Crippen LogP contribution in [-0.2, 0) is 6.18 Å². The monoisotopic (exact) mass is 313 g/mol. The highest BCUT2D eigenvalue weighted by atomic mass is 19.4. The summed E-state index contributed by atoms with van der Waals surface area (Å²) in [5, 5.41) is 0. The summed E-state index contributed by atoms with van der Waals surface area (Å²) in [7, 11) is 3.88. The smallest absolute Gasteiger partial charge is 0.416 e. The lowest BCUT2D eigenvalue weighted by Crippen LogP contribution is -2.18. The molecule has 0 saturated carbocycles. The third-order valence-electron chi connectivity index (χ3n) is 3.16. The highest BCUT2D eigenvalue weighted by Crippen LogP contribution is 2.32. The molecule has 0 bridgehead atoms. The van der Waals surface area contributed by atoms with Crippen molar-refractivity contribution >= 4 is 0 Å². The second kappa shape index (κ2) is 6.87. The number of furan rings is 1. The Morgan fingerprint density at radius 1 is 1.14 bits per heavy atom. The zero-order valence-corrected chi connectivity index (χ0v) is 12.4. The Kier molecular flexibility index (Phi) is 5.13. The van der Waals surface area contributed by atoms with Crippen LogP contribution in [-0.4, -0.2) is 25.5 Å². The van der Waals surface area contributed by atoms with E-state index in [1.165, 1.54) is 12.1 Å². The van der Waals surface area contributed by atoms with E-state index in [9.17, 15) is 13.2 Å². The average Bonchev–Trinajstić information content (AvgIpc) is 2.97. The Morgan fingerprint density at radius 2 is 1.82 bits per heavy atom. The van der Waals surface area contributed by atoms with Crippen LogP contribution in [0.2, 0.25) is 0 Å². The van der Waals surface area contributed by atoms with Gasteiger partial charge in [0.25, 0.3) is 0 Å². The van der Waals surface area contributed by atoms with E-state index in [4.69, 9.17) is 9.15 Å². The first kappa shape index (κ1) is 16.4. The molecule has 1 unspecified atom stereocenters. The number of nitrogens with zero attached hydrogens (tertiary/aromatic N) is 1. The van der Waals surface area contributed by atoms with Crippen molar-refractivity contribution in [2.45, 2.75) is 18.7 Å². The summed E-state index contributed by atoms with van der Waals surface area (Å²) >= 11 is 0. The van der Waals surface area contributed by atoms with E-state index in [1.54, 1.807) is 18.4 Å². The fourth-order valence-electron chi connectivity index (χ4n) is 2.00. The van der Waals surface area contributed by atoms with Gasteiger partial charge in [0.15, 0.2) is 6.10 Å². The summed E-state index contributed by atoms with van der Waals surface area (Å²) in [4.78, 5) is 2.01. The van der Waals surface area contributed by atoms with Gasteiger partial charge in [0, 0.05) is 13.0 Å². The number of hydrogen-bond acceptors (Lipinski definition) is 3. The molecule has 0 aliphatic rings. The number of hydrogen-bond donors (Lipinski definition) is 0. The van der Waals surface area contributed by atoms with Crippen molar-refractivity contribution in [1.29, 1.82) is 0 Å². The molecular formula is C16H18F3NO2. The first-order valence-corrected chi connectivity index (χ1v) is 6.88. The molecule has 0 aliphatic heterocycles. The van der Waals surface area contributed by atoms with Gasteiger partial charge in [0.2, 0.25) is 0 Å². The molecule has 0 saturated heterocycles. The summed E-state index contributed by atoms with van der Waals surface area (Å²) in [6, 6.07) is 8.24. The van der Waals surface area contributed by atoms with Gasteiger partial charge in [-0.2, -0.15) is 13.2 Å². The van der Waals surface area contributed by atoms with Gasteiger partial charge in [-0.3, -0.25) is 0 Å². The molecule has 1 aromatic heterocycles. The lowest BCUT2D eigenvalue weighted by Gasteiger charge is -2.19. The predicted octanol–water partition coefficient (Wildman–Crippen LogP) is 4.37. The SMILES string of the molecule is CN(C)CCC(Oc1ccc(C(F)(F)F)cc1)c1ccco1. The first-order chi connectivity index (χ1) is 10.4. The molecule has 0 N–H and O–H groups in total. The lowest BCUT2D eigenvalue weighted by atomic mass is 10.1. The van der Waals surface area contributed by atoms with Gasteiger partial charge in [-0.1, -0.05) is 0 Å². The molecule has 6 heteroatoms. The van der Waals surface area contributed by atoms with Crippen molar-refractivity contribution in [3.63, 3.8) is 0 Å². The van der Waals surface area contributed by atoms with Crippen LogP contribution >= 0.6 is 0 Å². The van der Waals surface area contributed by atoms with Gasteiger partial charge in [-0.25, -0.2) is 0 Å². The van der Waals surface area contributed by atoms with E-state index in [0.29, 0.717) is 17.9 Å². The maximum Gasteiger partial charge on any atom is 0.416 e. The summed E-state index contributed by atoms with van der Waals surface area (Å²) in [6.07, 6.45) is -2.46. The summed E-state index contributed by atoms with van der Waals surface area (Å²) in [5.74, 6) is 1.04.